The van der Waals surface area contributed by atoms with Crippen molar-refractivity contribution in [2.75, 3.05) is 26.2 Å². The van der Waals surface area contributed by atoms with E-state index in [1.807, 2.05) is 24.3 Å². The number of H-pyrrole nitrogens is 2. The number of furan rings is 1. The number of benzene rings is 3. The van der Waals surface area contributed by atoms with Crippen molar-refractivity contribution < 1.29 is 22.7 Å². The van der Waals surface area contributed by atoms with Gasteiger partial charge in [-0.3, -0.25) is 0 Å². The van der Waals surface area contributed by atoms with Crippen molar-refractivity contribution in [1.82, 2.24) is 19.6 Å². The first-order valence-electron chi connectivity index (χ1n) is 12.6. The number of ether oxygens (including phenoxy) is 1. The average Bonchev–Trinajstić information content (AvgIpc) is 3.50. The summed E-state index contributed by atoms with van der Waals surface area (Å²) in [4.78, 5) is 17.2. The van der Waals surface area contributed by atoms with Gasteiger partial charge in [0.15, 0.2) is 0 Å². The van der Waals surface area contributed by atoms with E-state index in [9.17, 15) is 18.3 Å². The number of fused-ring (bicyclic) bond motifs is 4. The molecule has 0 saturated carbocycles. The fourth-order valence-corrected chi connectivity index (χ4v) is 6.51. The summed E-state index contributed by atoms with van der Waals surface area (Å²) in [6.07, 6.45) is 0.496. The Balaban J connectivity index is 1.03. The van der Waals surface area contributed by atoms with E-state index < -0.39 is 16.1 Å². The molecule has 0 spiro atoms. The summed E-state index contributed by atoms with van der Waals surface area (Å²) in [7, 11) is -3.64. The topological polar surface area (TPSA) is 141 Å². The number of nitrogens with one attached hydrogen (secondary N) is 3. The molecule has 11 heteroatoms. The number of nitrogens with zero attached hydrogens (tertiary/aromatic N) is 1. The molecular formula is C27H28N4O6S. The molecule has 1 fully saturated rings. The number of hydrogen-bond donors (Lipinski definition) is 4. The first-order chi connectivity index (χ1) is 18.4. The number of aliphatic hydroxyl groups excluding tert-OH is 1. The second kappa shape index (κ2) is 9.91. The van der Waals surface area contributed by atoms with Crippen LogP contribution in [0.1, 0.15) is 12.8 Å². The first-order valence-corrected chi connectivity index (χ1v) is 14.0. The smallest absolute Gasteiger partial charge is 0.323 e. The van der Waals surface area contributed by atoms with Gasteiger partial charge < -0.3 is 29.5 Å². The van der Waals surface area contributed by atoms with Crippen LogP contribution >= 0.6 is 0 Å². The van der Waals surface area contributed by atoms with Crippen molar-refractivity contribution in [2.45, 2.75) is 29.9 Å². The van der Waals surface area contributed by atoms with Crippen molar-refractivity contribution in [3.63, 3.8) is 0 Å². The summed E-state index contributed by atoms with van der Waals surface area (Å²) >= 11 is 0. The highest BCUT2D eigenvalue weighted by Crippen LogP contribution is 2.31. The van der Waals surface area contributed by atoms with Gasteiger partial charge in [0, 0.05) is 36.4 Å². The Morgan fingerprint density at radius 2 is 1.82 bits per heavy atom. The summed E-state index contributed by atoms with van der Waals surface area (Å²) in [5.41, 5.74) is 2.27. The largest absolute Gasteiger partial charge is 0.489 e. The van der Waals surface area contributed by atoms with Crippen LogP contribution in [0.3, 0.4) is 0 Å². The van der Waals surface area contributed by atoms with Gasteiger partial charge in [0.05, 0.1) is 10.4 Å². The lowest BCUT2D eigenvalue weighted by Gasteiger charge is -2.32. The minimum Gasteiger partial charge on any atom is -0.489 e. The zero-order chi connectivity index (χ0) is 26.3. The molecule has 3 aromatic carbocycles. The lowest BCUT2D eigenvalue weighted by molar-refractivity contribution is 0.101. The third-order valence-electron chi connectivity index (χ3n) is 7.03. The molecule has 4 N–H and O–H groups in total. The third-order valence-corrected chi connectivity index (χ3v) is 8.92. The number of rotatable bonds is 8. The summed E-state index contributed by atoms with van der Waals surface area (Å²) in [5.74, 6) is 0.486. The van der Waals surface area contributed by atoms with E-state index in [0.29, 0.717) is 54.8 Å². The molecule has 1 aliphatic heterocycles. The number of imidazole rings is 1. The highest BCUT2D eigenvalue weighted by molar-refractivity contribution is 7.89. The maximum absolute atomic E-state index is 13.4. The van der Waals surface area contributed by atoms with Crippen molar-refractivity contribution in [3.05, 3.63) is 71.1 Å². The maximum Gasteiger partial charge on any atom is 0.323 e. The summed E-state index contributed by atoms with van der Waals surface area (Å²) < 4.78 is 39.8. The Kier molecular flexibility index (Phi) is 6.44. The van der Waals surface area contributed by atoms with Gasteiger partial charge in [-0.2, -0.15) is 4.31 Å². The molecule has 2 aromatic heterocycles. The predicted molar refractivity (Wildman–Crippen MR) is 144 cm³/mol. The van der Waals surface area contributed by atoms with Gasteiger partial charge in [-0.25, -0.2) is 13.2 Å². The molecule has 1 saturated heterocycles. The van der Waals surface area contributed by atoms with Crippen LogP contribution in [0.25, 0.3) is 33.0 Å². The number of sulfonamides is 1. The number of aromatic amines is 2. The Bertz CT molecular complexity index is 1760. The van der Waals surface area contributed by atoms with E-state index in [1.54, 1.807) is 36.4 Å². The predicted octanol–water partition coefficient (Wildman–Crippen LogP) is 2.94. The molecule has 5 aromatic rings. The minimum absolute atomic E-state index is 0.0533. The SMILES string of the molecule is O=c1[nH]c2cccc(OCC(O)CNC3CCN(S(=O)(=O)c4ccc5oc6ccccc6c5c4)CC3)c2[nH]1. The highest BCUT2D eigenvalue weighted by Gasteiger charge is 2.30. The molecule has 0 amide bonds. The third kappa shape index (κ3) is 4.69. The molecule has 6 rings (SSSR count). The van der Waals surface area contributed by atoms with Gasteiger partial charge in [-0.1, -0.05) is 24.3 Å². The molecule has 0 aliphatic carbocycles. The lowest BCUT2D eigenvalue weighted by Crippen LogP contribution is -2.47. The fourth-order valence-electron chi connectivity index (χ4n) is 5.01. The normalized spacial score (nSPS) is 16.4. The second-order valence-corrected chi connectivity index (χ2v) is 11.5. The molecule has 1 unspecified atom stereocenters. The monoisotopic (exact) mass is 536 g/mol. The Hall–Kier alpha value is -3.64. The van der Waals surface area contributed by atoms with Crippen molar-refractivity contribution in [1.29, 1.82) is 0 Å². The zero-order valence-corrected chi connectivity index (χ0v) is 21.3. The van der Waals surface area contributed by atoms with E-state index in [-0.39, 0.29) is 23.2 Å². The van der Waals surface area contributed by atoms with E-state index in [1.165, 1.54) is 4.31 Å². The van der Waals surface area contributed by atoms with Crippen LogP contribution in [0.15, 0.2) is 74.8 Å². The van der Waals surface area contributed by atoms with E-state index in [2.05, 4.69) is 15.3 Å². The molecule has 3 heterocycles. The fraction of sp³-hybridized carbons (Fsp3) is 0.296. The number of para-hydroxylation sites is 2. The summed E-state index contributed by atoms with van der Waals surface area (Å²) in [5, 5.41) is 15.4. The van der Waals surface area contributed by atoms with Gasteiger partial charge >= 0.3 is 5.69 Å². The minimum atomic E-state index is -3.64. The zero-order valence-electron chi connectivity index (χ0n) is 20.5. The second-order valence-electron chi connectivity index (χ2n) is 9.57. The van der Waals surface area contributed by atoms with E-state index >= 15 is 0 Å². The number of aliphatic hydroxyl groups is 1. The van der Waals surface area contributed by atoms with Crippen molar-refractivity contribution in [2.24, 2.45) is 0 Å². The number of hydrogen-bond acceptors (Lipinski definition) is 7. The summed E-state index contributed by atoms with van der Waals surface area (Å²) in [6, 6.07) is 18.0. The Morgan fingerprint density at radius 1 is 1.03 bits per heavy atom. The molecule has 38 heavy (non-hydrogen) atoms. The van der Waals surface area contributed by atoms with Gasteiger partial charge in [-0.15, -0.1) is 0 Å². The molecular weight excluding hydrogens is 508 g/mol. The van der Waals surface area contributed by atoms with Crippen LogP contribution in [-0.4, -0.2) is 66.2 Å². The lowest BCUT2D eigenvalue weighted by atomic mass is 10.1. The van der Waals surface area contributed by atoms with Crippen molar-refractivity contribution in [3.8, 4) is 5.75 Å². The van der Waals surface area contributed by atoms with Gasteiger partial charge in [0.2, 0.25) is 10.0 Å². The van der Waals surface area contributed by atoms with Crippen LogP contribution in [0, 0.1) is 0 Å². The standard InChI is InChI=1S/C27H28N4O6S/c32-18(16-36-25-7-3-5-22-26(25)30-27(33)29-22)15-28-17-10-12-31(13-11-17)38(34,35)19-8-9-24-21(14-19)20-4-1-2-6-23(20)37-24/h1-9,14,17-18,28,32H,10-13,15-16H2,(H2,29,30,33). The quantitative estimate of drug-likeness (QED) is 0.239. The van der Waals surface area contributed by atoms with Crippen LogP contribution in [-0.2, 0) is 10.0 Å². The molecule has 198 valence electrons. The van der Waals surface area contributed by atoms with Crippen LogP contribution in [0.5, 0.6) is 5.75 Å². The van der Waals surface area contributed by atoms with Crippen LogP contribution in [0.2, 0.25) is 0 Å². The van der Waals surface area contributed by atoms with E-state index in [0.717, 1.165) is 16.4 Å². The Labute approximate surface area is 218 Å². The van der Waals surface area contributed by atoms with Gasteiger partial charge in [-0.05, 0) is 49.2 Å². The summed E-state index contributed by atoms with van der Waals surface area (Å²) in [6.45, 7) is 1.14. The van der Waals surface area contributed by atoms with Gasteiger partial charge in [0.25, 0.3) is 0 Å². The van der Waals surface area contributed by atoms with Crippen LogP contribution < -0.4 is 15.7 Å². The average molecular weight is 537 g/mol. The maximum atomic E-state index is 13.4. The van der Waals surface area contributed by atoms with Crippen molar-refractivity contribution >= 4 is 43.0 Å². The molecule has 0 radical (unpaired) electrons. The van der Waals surface area contributed by atoms with Gasteiger partial charge in [0.1, 0.15) is 35.1 Å². The molecule has 10 nitrogen and oxygen atoms in total. The van der Waals surface area contributed by atoms with Crippen LogP contribution in [0.4, 0.5) is 0 Å². The first kappa shape index (κ1) is 24.7. The number of aromatic nitrogens is 2. The molecule has 1 aliphatic rings. The number of piperidine rings is 1. The van der Waals surface area contributed by atoms with E-state index in [4.69, 9.17) is 9.15 Å². The Morgan fingerprint density at radius 3 is 2.66 bits per heavy atom. The highest BCUT2D eigenvalue weighted by atomic mass is 32.2. The molecule has 0 bridgehead atoms. The molecule has 1 atom stereocenters.